The lowest BCUT2D eigenvalue weighted by Crippen LogP contribution is -2.17. The largest absolute Gasteiger partial charge is 0.497 e. The average Bonchev–Trinajstić information content (AvgIpc) is 2.84. The van der Waals surface area contributed by atoms with Crippen molar-refractivity contribution in [1.82, 2.24) is 15.0 Å². The van der Waals surface area contributed by atoms with E-state index in [1.165, 1.54) is 0 Å². The van der Waals surface area contributed by atoms with E-state index in [1.54, 1.807) is 14.2 Å². The molecule has 0 amide bonds. The summed E-state index contributed by atoms with van der Waals surface area (Å²) in [5.74, 6) is 2.23. The zero-order chi connectivity index (χ0) is 23.7. The van der Waals surface area contributed by atoms with Gasteiger partial charge in [-0.15, -0.1) is 0 Å². The molecule has 0 aliphatic carbocycles. The van der Waals surface area contributed by atoms with Crippen LogP contribution in [0.2, 0.25) is 0 Å². The van der Waals surface area contributed by atoms with Crippen molar-refractivity contribution in [1.29, 1.82) is 0 Å². The maximum atomic E-state index is 5.69. The molecule has 0 saturated carbocycles. The predicted molar refractivity (Wildman–Crippen MR) is 126 cm³/mol. The number of aromatic nitrogens is 3. The van der Waals surface area contributed by atoms with E-state index in [2.05, 4.69) is 32.5 Å². The smallest absolute Gasteiger partial charge is 0.323 e. The predicted octanol–water partition coefficient (Wildman–Crippen LogP) is 2.08. The topological polar surface area (TPSA) is 135 Å². The standard InChI is InChI=1S/C22H36N6O5/c1-4-5-8-33-22-27-20(24-7-10-32-12-11-31-9-6-23)26-21(28-22)25-16-17-13-18(29-2)15-19(14-17)30-3/h13-15H,4-12,16,23H2,1-3H3,(H2,24,25,26,27,28). The van der Waals surface area contributed by atoms with Gasteiger partial charge in [-0.25, -0.2) is 0 Å². The molecule has 0 unspecified atom stereocenters. The van der Waals surface area contributed by atoms with Gasteiger partial charge >= 0.3 is 6.01 Å². The highest BCUT2D eigenvalue weighted by atomic mass is 16.5. The molecule has 1 aromatic carbocycles. The molecule has 0 radical (unpaired) electrons. The van der Waals surface area contributed by atoms with Crippen LogP contribution in [0.4, 0.5) is 11.9 Å². The Labute approximate surface area is 195 Å². The molecule has 0 aliphatic heterocycles. The minimum Gasteiger partial charge on any atom is -0.497 e. The third-order valence-corrected chi connectivity index (χ3v) is 4.37. The molecule has 0 saturated heterocycles. The van der Waals surface area contributed by atoms with Crippen molar-refractivity contribution in [3.63, 3.8) is 0 Å². The number of benzene rings is 1. The quantitative estimate of drug-likeness (QED) is 0.280. The Hall–Kier alpha value is -2.89. The number of nitrogens with zero attached hydrogens (tertiary/aromatic N) is 3. The lowest BCUT2D eigenvalue weighted by Gasteiger charge is -2.12. The Balaban J connectivity index is 1.96. The minimum atomic E-state index is 0.266. The van der Waals surface area contributed by atoms with E-state index < -0.39 is 0 Å². The number of rotatable bonds is 18. The molecule has 0 fully saturated rings. The fourth-order valence-corrected chi connectivity index (χ4v) is 2.68. The average molecular weight is 465 g/mol. The van der Waals surface area contributed by atoms with E-state index in [4.69, 9.17) is 29.4 Å². The van der Waals surface area contributed by atoms with Gasteiger partial charge < -0.3 is 40.1 Å². The molecule has 1 aromatic heterocycles. The Bertz CT molecular complexity index is 789. The van der Waals surface area contributed by atoms with Crippen LogP contribution in [0.15, 0.2) is 18.2 Å². The van der Waals surface area contributed by atoms with Crippen LogP contribution in [-0.2, 0) is 16.0 Å². The molecule has 33 heavy (non-hydrogen) atoms. The summed E-state index contributed by atoms with van der Waals surface area (Å²) in [5.41, 5.74) is 6.34. The summed E-state index contributed by atoms with van der Waals surface area (Å²) >= 11 is 0. The van der Waals surface area contributed by atoms with E-state index in [9.17, 15) is 0 Å². The zero-order valence-electron chi connectivity index (χ0n) is 19.8. The first kappa shape index (κ1) is 26.4. The van der Waals surface area contributed by atoms with Gasteiger partial charge in [0.25, 0.3) is 0 Å². The van der Waals surface area contributed by atoms with Crippen molar-refractivity contribution in [3.05, 3.63) is 23.8 Å². The Morgan fingerprint density at radius 2 is 1.48 bits per heavy atom. The first-order valence-corrected chi connectivity index (χ1v) is 11.1. The summed E-state index contributed by atoms with van der Waals surface area (Å²) in [7, 11) is 3.24. The van der Waals surface area contributed by atoms with Crippen molar-refractivity contribution < 1.29 is 23.7 Å². The fraction of sp³-hybridized carbons (Fsp3) is 0.591. The number of methoxy groups -OCH3 is 2. The molecule has 11 heteroatoms. The fourth-order valence-electron chi connectivity index (χ4n) is 2.68. The number of unbranched alkanes of at least 4 members (excludes halogenated alkanes) is 1. The van der Waals surface area contributed by atoms with Crippen LogP contribution in [-0.4, -0.2) is 75.3 Å². The van der Waals surface area contributed by atoms with Crippen LogP contribution in [0.1, 0.15) is 25.3 Å². The maximum Gasteiger partial charge on any atom is 0.323 e. The summed E-state index contributed by atoms with van der Waals surface area (Å²) in [6, 6.07) is 5.93. The van der Waals surface area contributed by atoms with Crippen molar-refractivity contribution in [2.75, 3.05) is 71.0 Å². The zero-order valence-corrected chi connectivity index (χ0v) is 19.8. The normalized spacial score (nSPS) is 10.7. The molecule has 1 heterocycles. The second-order valence-corrected chi connectivity index (χ2v) is 6.98. The van der Waals surface area contributed by atoms with Gasteiger partial charge in [-0.1, -0.05) is 13.3 Å². The number of hydrogen-bond donors (Lipinski definition) is 3. The lowest BCUT2D eigenvalue weighted by atomic mass is 10.2. The van der Waals surface area contributed by atoms with Gasteiger partial charge in [-0.2, -0.15) is 15.0 Å². The second kappa shape index (κ2) is 15.8. The SMILES string of the molecule is CCCCOc1nc(NCCOCCOCCN)nc(NCc2cc(OC)cc(OC)c2)n1. The van der Waals surface area contributed by atoms with Crippen molar-refractivity contribution in [3.8, 4) is 17.5 Å². The minimum absolute atomic E-state index is 0.266. The third-order valence-electron chi connectivity index (χ3n) is 4.37. The molecule has 0 spiro atoms. The summed E-state index contributed by atoms with van der Waals surface area (Å²) in [4.78, 5) is 13.2. The molecular weight excluding hydrogens is 428 g/mol. The molecule has 184 valence electrons. The molecule has 0 aliphatic rings. The number of anilines is 2. The van der Waals surface area contributed by atoms with Crippen LogP contribution in [0.3, 0.4) is 0 Å². The van der Waals surface area contributed by atoms with E-state index in [-0.39, 0.29) is 6.01 Å². The summed E-state index contributed by atoms with van der Waals surface area (Å²) < 4.78 is 27.1. The van der Waals surface area contributed by atoms with Crippen LogP contribution in [0.25, 0.3) is 0 Å². The number of ether oxygens (including phenoxy) is 5. The van der Waals surface area contributed by atoms with E-state index in [1.807, 2.05) is 18.2 Å². The number of nitrogens with one attached hydrogen (secondary N) is 2. The monoisotopic (exact) mass is 464 g/mol. The maximum absolute atomic E-state index is 5.69. The van der Waals surface area contributed by atoms with Gasteiger partial charge in [-0.05, 0) is 24.1 Å². The Kier molecular flexibility index (Phi) is 12.7. The van der Waals surface area contributed by atoms with Gasteiger partial charge in [-0.3, -0.25) is 0 Å². The van der Waals surface area contributed by atoms with Crippen molar-refractivity contribution >= 4 is 11.9 Å². The number of nitrogens with two attached hydrogens (primary N) is 1. The first-order valence-electron chi connectivity index (χ1n) is 11.1. The van der Waals surface area contributed by atoms with Crippen LogP contribution < -0.4 is 30.6 Å². The third kappa shape index (κ3) is 10.5. The molecule has 0 atom stereocenters. The van der Waals surface area contributed by atoms with Crippen molar-refractivity contribution in [2.45, 2.75) is 26.3 Å². The van der Waals surface area contributed by atoms with Crippen molar-refractivity contribution in [2.24, 2.45) is 5.73 Å². The highest BCUT2D eigenvalue weighted by Gasteiger charge is 2.09. The van der Waals surface area contributed by atoms with Gasteiger partial charge in [0.2, 0.25) is 11.9 Å². The van der Waals surface area contributed by atoms with Gasteiger partial charge in [0.05, 0.1) is 47.3 Å². The highest BCUT2D eigenvalue weighted by Crippen LogP contribution is 2.23. The van der Waals surface area contributed by atoms with Crippen LogP contribution in [0.5, 0.6) is 17.5 Å². The van der Waals surface area contributed by atoms with Gasteiger partial charge in [0.15, 0.2) is 0 Å². The lowest BCUT2D eigenvalue weighted by molar-refractivity contribution is 0.0547. The Morgan fingerprint density at radius 3 is 2.12 bits per heavy atom. The molecule has 4 N–H and O–H groups in total. The molecular formula is C22H36N6O5. The summed E-state index contributed by atoms with van der Waals surface area (Å²) in [6.07, 6.45) is 1.94. The van der Waals surface area contributed by atoms with E-state index >= 15 is 0 Å². The summed E-state index contributed by atoms with van der Waals surface area (Å²) in [6.45, 7) is 6.17. The highest BCUT2D eigenvalue weighted by molar-refractivity contribution is 5.41. The first-order chi connectivity index (χ1) is 16.2. The van der Waals surface area contributed by atoms with E-state index in [0.29, 0.717) is 76.1 Å². The van der Waals surface area contributed by atoms with E-state index in [0.717, 1.165) is 18.4 Å². The number of hydrogen-bond acceptors (Lipinski definition) is 11. The van der Waals surface area contributed by atoms with Crippen LogP contribution in [0, 0.1) is 0 Å². The molecule has 11 nitrogen and oxygen atoms in total. The summed E-state index contributed by atoms with van der Waals surface area (Å²) in [5, 5.41) is 6.36. The molecule has 0 bridgehead atoms. The molecule has 2 rings (SSSR count). The van der Waals surface area contributed by atoms with Gasteiger partial charge in [0, 0.05) is 25.7 Å². The molecule has 2 aromatic rings. The van der Waals surface area contributed by atoms with Crippen LogP contribution >= 0.6 is 0 Å². The Morgan fingerprint density at radius 1 is 0.818 bits per heavy atom. The second-order valence-electron chi connectivity index (χ2n) is 6.98. The van der Waals surface area contributed by atoms with Gasteiger partial charge in [0.1, 0.15) is 11.5 Å².